The average Bonchev–Trinajstić information content (AvgIpc) is 2.48. The molecule has 0 aliphatic heterocycles. The number of rotatable bonds is 5. The van der Waals surface area contributed by atoms with Gasteiger partial charge >= 0.3 is 5.97 Å². The van der Waals surface area contributed by atoms with Gasteiger partial charge in [-0.25, -0.2) is 4.79 Å². The molecule has 0 aliphatic rings. The molecule has 0 unspecified atom stereocenters. The molecular weight excluding hydrogens is 306 g/mol. The number of carbonyl (C=O) groups is 2. The molecule has 0 radical (unpaired) electrons. The van der Waals surface area contributed by atoms with Gasteiger partial charge in [0, 0.05) is 0 Å². The van der Waals surface area contributed by atoms with Crippen molar-refractivity contribution in [3.8, 4) is 5.75 Å². The lowest BCUT2D eigenvalue weighted by molar-refractivity contribution is -0.118. The van der Waals surface area contributed by atoms with Crippen LogP contribution >= 0.6 is 11.6 Å². The van der Waals surface area contributed by atoms with E-state index < -0.39 is 11.9 Å². The molecule has 2 aromatic carbocycles. The molecular formula is C16H14ClNO4. The van der Waals surface area contributed by atoms with Gasteiger partial charge in [0.1, 0.15) is 11.3 Å². The number of nitrogens with one attached hydrogen (secondary N) is 1. The number of aryl methyl sites for hydroxylation is 1. The zero-order valence-electron chi connectivity index (χ0n) is 11.8. The molecule has 1 amide bonds. The minimum Gasteiger partial charge on any atom is -0.483 e. The van der Waals surface area contributed by atoms with Gasteiger partial charge in [-0.1, -0.05) is 35.9 Å². The lowest BCUT2D eigenvalue weighted by Gasteiger charge is -2.12. The summed E-state index contributed by atoms with van der Waals surface area (Å²) >= 11 is 5.94. The Labute approximate surface area is 132 Å². The first-order valence-corrected chi connectivity index (χ1v) is 6.87. The van der Waals surface area contributed by atoms with Gasteiger partial charge in [-0.15, -0.1) is 0 Å². The predicted molar refractivity (Wildman–Crippen MR) is 83.7 cm³/mol. The Kier molecular flexibility index (Phi) is 5.01. The molecule has 0 atom stereocenters. The number of halogens is 1. The van der Waals surface area contributed by atoms with Crippen molar-refractivity contribution in [1.29, 1.82) is 0 Å². The van der Waals surface area contributed by atoms with Crippen LogP contribution in [0.5, 0.6) is 5.75 Å². The van der Waals surface area contributed by atoms with Crippen LogP contribution in [-0.2, 0) is 4.79 Å². The van der Waals surface area contributed by atoms with E-state index >= 15 is 0 Å². The molecule has 114 valence electrons. The van der Waals surface area contributed by atoms with E-state index in [1.807, 2.05) is 0 Å². The Morgan fingerprint density at radius 3 is 2.59 bits per heavy atom. The molecule has 0 spiro atoms. The van der Waals surface area contributed by atoms with E-state index in [9.17, 15) is 9.59 Å². The molecule has 6 heteroatoms. The smallest absolute Gasteiger partial charge is 0.339 e. The van der Waals surface area contributed by atoms with Gasteiger partial charge in [0.05, 0.1) is 10.7 Å². The van der Waals surface area contributed by atoms with Crippen molar-refractivity contribution < 1.29 is 19.4 Å². The van der Waals surface area contributed by atoms with E-state index in [1.165, 1.54) is 6.07 Å². The van der Waals surface area contributed by atoms with Gasteiger partial charge in [0.25, 0.3) is 5.91 Å². The number of aromatic carboxylic acids is 1. The number of benzene rings is 2. The van der Waals surface area contributed by atoms with Crippen molar-refractivity contribution in [2.75, 3.05) is 11.9 Å². The number of carboxylic acid groups (broad SMARTS) is 1. The Balaban J connectivity index is 2.06. The van der Waals surface area contributed by atoms with Crippen LogP contribution in [0.4, 0.5) is 5.69 Å². The molecule has 0 saturated heterocycles. The summed E-state index contributed by atoms with van der Waals surface area (Å²) in [4.78, 5) is 23.0. The Morgan fingerprint density at radius 2 is 1.91 bits per heavy atom. The maximum Gasteiger partial charge on any atom is 0.339 e. The van der Waals surface area contributed by atoms with Crippen LogP contribution in [0.3, 0.4) is 0 Å². The highest BCUT2D eigenvalue weighted by Gasteiger charge is 2.15. The molecule has 0 aromatic heterocycles. The van der Waals surface area contributed by atoms with E-state index in [-0.39, 0.29) is 17.9 Å². The average molecular weight is 320 g/mol. The zero-order chi connectivity index (χ0) is 16.1. The fourth-order valence-electron chi connectivity index (χ4n) is 1.90. The number of hydrogen-bond donors (Lipinski definition) is 2. The fourth-order valence-corrected chi connectivity index (χ4v) is 2.08. The van der Waals surface area contributed by atoms with Gasteiger partial charge < -0.3 is 15.2 Å². The van der Waals surface area contributed by atoms with E-state index in [0.29, 0.717) is 16.3 Å². The largest absolute Gasteiger partial charge is 0.483 e. The van der Waals surface area contributed by atoms with E-state index in [0.717, 1.165) is 0 Å². The molecule has 0 heterocycles. The van der Waals surface area contributed by atoms with Crippen molar-refractivity contribution in [2.45, 2.75) is 6.92 Å². The minimum absolute atomic E-state index is 0.0190. The fraction of sp³-hybridized carbons (Fsp3) is 0.125. The molecule has 2 aromatic rings. The van der Waals surface area contributed by atoms with Crippen LogP contribution < -0.4 is 10.1 Å². The first-order chi connectivity index (χ1) is 10.5. The molecule has 5 nitrogen and oxygen atoms in total. The highest BCUT2D eigenvalue weighted by molar-refractivity contribution is 6.33. The number of anilines is 1. The summed E-state index contributed by atoms with van der Waals surface area (Å²) in [6.45, 7) is 1.41. The summed E-state index contributed by atoms with van der Waals surface area (Å²) in [5, 5.41) is 12.1. The van der Waals surface area contributed by atoms with E-state index in [1.54, 1.807) is 43.3 Å². The number of para-hydroxylation sites is 2. The molecule has 22 heavy (non-hydrogen) atoms. The van der Waals surface area contributed by atoms with E-state index in [2.05, 4.69) is 5.32 Å². The van der Waals surface area contributed by atoms with Gasteiger partial charge in [0.15, 0.2) is 6.61 Å². The molecule has 2 N–H and O–H groups in total. The van der Waals surface area contributed by atoms with Crippen molar-refractivity contribution in [1.82, 2.24) is 0 Å². The number of amides is 1. The first-order valence-electron chi connectivity index (χ1n) is 6.49. The second-order valence-corrected chi connectivity index (χ2v) is 4.98. The third-order valence-corrected chi connectivity index (χ3v) is 3.27. The van der Waals surface area contributed by atoms with Gasteiger partial charge in [0.2, 0.25) is 0 Å². The van der Waals surface area contributed by atoms with Gasteiger partial charge in [-0.3, -0.25) is 4.79 Å². The van der Waals surface area contributed by atoms with E-state index in [4.69, 9.17) is 21.4 Å². The number of carbonyl (C=O) groups excluding carboxylic acids is 1. The summed E-state index contributed by atoms with van der Waals surface area (Å²) in [5.74, 6) is -1.35. The number of ether oxygens (including phenoxy) is 1. The van der Waals surface area contributed by atoms with Gasteiger partial charge in [-0.2, -0.15) is 0 Å². The van der Waals surface area contributed by atoms with Gasteiger partial charge in [-0.05, 0) is 30.7 Å². The van der Waals surface area contributed by atoms with Crippen molar-refractivity contribution in [3.05, 3.63) is 58.6 Å². The number of carboxylic acids is 1. The lowest BCUT2D eigenvalue weighted by atomic mass is 10.1. The SMILES string of the molecule is Cc1cccc(C(=O)O)c1OCC(=O)Nc1ccccc1Cl. The monoisotopic (exact) mass is 319 g/mol. The highest BCUT2D eigenvalue weighted by Crippen LogP contribution is 2.24. The zero-order valence-corrected chi connectivity index (χ0v) is 12.6. The van der Waals surface area contributed by atoms with Crippen molar-refractivity contribution in [2.24, 2.45) is 0 Å². The van der Waals surface area contributed by atoms with Crippen molar-refractivity contribution in [3.63, 3.8) is 0 Å². The van der Waals surface area contributed by atoms with Crippen LogP contribution in [-0.4, -0.2) is 23.6 Å². The first kappa shape index (κ1) is 15.9. The Hall–Kier alpha value is -2.53. The Bertz CT molecular complexity index is 715. The second kappa shape index (κ2) is 6.95. The summed E-state index contributed by atoms with van der Waals surface area (Å²) in [7, 11) is 0. The normalized spacial score (nSPS) is 10.1. The second-order valence-electron chi connectivity index (χ2n) is 4.57. The summed E-state index contributed by atoms with van der Waals surface area (Å²) < 4.78 is 5.37. The standard InChI is InChI=1S/C16H14ClNO4/c1-10-5-4-6-11(16(20)21)15(10)22-9-14(19)18-13-8-3-2-7-12(13)17/h2-8H,9H2,1H3,(H,18,19)(H,20,21). The van der Waals surface area contributed by atoms with Crippen LogP contribution in [0, 0.1) is 6.92 Å². The third kappa shape index (κ3) is 3.77. The summed E-state index contributed by atoms with van der Waals surface area (Å²) in [6, 6.07) is 11.6. The van der Waals surface area contributed by atoms with Crippen molar-refractivity contribution >= 4 is 29.2 Å². The third-order valence-electron chi connectivity index (χ3n) is 2.94. The maximum absolute atomic E-state index is 11.9. The highest BCUT2D eigenvalue weighted by atomic mass is 35.5. The number of hydrogen-bond acceptors (Lipinski definition) is 3. The topological polar surface area (TPSA) is 75.6 Å². The quantitative estimate of drug-likeness (QED) is 0.886. The van der Waals surface area contributed by atoms with Crippen LogP contribution in [0.2, 0.25) is 5.02 Å². The molecule has 0 fully saturated rings. The maximum atomic E-state index is 11.9. The molecule has 0 aliphatic carbocycles. The van der Waals surface area contributed by atoms with Crippen LogP contribution in [0.1, 0.15) is 15.9 Å². The molecule has 0 saturated carbocycles. The minimum atomic E-state index is -1.11. The van der Waals surface area contributed by atoms with Crippen LogP contribution in [0.25, 0.3) is 0 Å². The predicted octanol–water partition coefficient (Wildman–Crippen LogP) is 3.36. The summed E-state index contributed by atoms with van der Waals surface area (Å²) in [5.41, 5.74) is 1.14. The molecule has 0 bridgehead atoms. The lowest BCUT2D eigenvalue weighted by Crippen LogP contribution is -2.21. The Morgan fingerprint density at radius 1 is 1.18 bits per heavy atom. The van der Waals surface area contributed by atoms with Crippen LogP contribution in [0.15, 0.2) is 42.5 Å². The summed E-state index contributed by atoms with van der Waals surface area (Å²) in [6.07, 6.45) is 0. The molecule has 2 rings (SSSR count).